The van der Waals surface area contributed by atoms with Crippen molar-refractivity contribution in [1.82, 2.24) is 15.2 Å². The van der Waals surface area contributed by atoms with Gasteiger partial charge in [-0.2, -0.15) is 0 Å². The van der Waals surface area contributed by atoms with Crippen LogP contribution in [0.5, 0.6) is 0 Å². The molecule has 128 valence electrons. The van der Waals surface area contributed by atoms with Crippen molar-refractivity contribution in [3.05, 3.63) is 52.5 Å². The van der Waals surface area contributed by atoms with Gasteiger partial charge in [0.1, 0.15) is 11.3 Å². The molecule has 3 N–H and O–H groups in total. The van der Waals surface area contributed by atoms with Crippen LogP contribution in [-0.2, 0) is 6.42 Å². The van der Waals surface area contributed by atoms with Crippen molar-refractivity contribution in [1.29, 1.82) is 0 Å². The molecule has 1 amide bonds. The Kier molecular flexibility index (Phi) is 5.25. The van der Waals surface area contributed by atoms with Crippen LogP contribution in [0, 0.1) is 0 Å². The van der Waals surface area contributed by atoms with Crippen molar-refractivity contribution in [3.63, 3.8) is 0 Å². The van der Waals surface area contributed by atoms with E-state index in [-0.39, 0.29) is 12.5 Å². The van der Waals surface area contributed by atoms with Crippen LogP contribution < -0.4 is 5.32 Å². The highest BCUT2D eigenvalue weighted by Gasteiger charge is 2.44. The van der Waals surface area contributed by atoms with Crippen LogP contribution in [0.1, 0.15) is 16.1 Å². The molecule has 7 heteroatoms. The lowest BCUT2D eigenvalue weighted by Crippen LogP contribution is -2.51. The second-order valence-electron chi connectivity index (χ2n) is 6.15. The second-order valence-corrected chi connectivity index (χ2v) is 6.87. The van der Waals surface area contributed by atoms with Gasteiger partial charge in [0.2, 0.25) is 0 Å². The van der Waals surface area contributed by atoms with E-state index in [1.165, 1.54) is 16.9 Å². The lowest BCUT2D eigenvalue weighted by Gasteiger charge is -2.26. The number of nitrogens with zero attached hydrogens (tertiary/aromatic N) is 2. The smallest absolute Gasteiger partial charge is 0.270 e. The number of carbonyl (C=O) groups excluding carboxylic acids is 1. The topological polar surface area (TPSA) is 85.7 Å². The maximum absolute atomic E-state index is 11.9. The van der Waals surface area contributed by atoms with Crippen molar-refractivity contribution >= 4 is 17.2 Å². The molecule has 0 spiro atoms. The predicted molar refractivity (Wildman–Crippen MR) is 92.0 cm³/mol. The average molecular weight is 347 g/mol. The third kappa shape index (κ3) is 3.99. The highest BCUT2D eigenvalue weighted by Crippen LogP contribution is 2.22. The first kappa shape index (κ1) is 17.0. The number of likely N-dealkylation sites (tertiary alicyclic amines) is 1. The Morgan fingerprint density at radius 3 is 2.92 bits per heavy atom. The molecule has 0 aliphatic carbocycles. The number of amides is 1. The number of benzene rings is 1. The van der Waals surface area contributed by atoms with E-state index in [9.17, 15) is 15.0 Å². The number of aliphatic hydroxyl groups excluding tert-OH is 1. The fourth-order valence-electron chi connectivity index (χ4n) is 2.90. The Morgan fingerprint density at radius 2 is 2.21 bits per heavy atom. The summed E-state index contributed by atoms with van der Waals surface area (Å²) in [7, 11) is 0. The second kappa shape index (κ2) is 7.40. The summed E-state index contributed by atoms with van der Waals surface area (Å²) in [5, 5.41) is 25.2. The van der Waals surface area contributed by atoms with Gasteiger partial charge in [0.15, 0.2) is 0 Å². The lowest BCUT2D eigenvalue weighted by atomic mass is 10.0. The van der Waals surface area contributed by atoms with Gasteiger partial charge in [-0.05, 0) is 12.0 Å². The Labute approximate surface area is 144 Å². The van der Waals surface area contributed by atoms with E-state index in [4.69, 9.17) is 0 Å². The first-order valence-electron chi connectivity index (χ1n) is 7.90. The van der Waals surface area contributed by atoms with E-state index < -0.39 is 11.7 Å². The summed E-state index contributed by atoms with van der Waals surface area (Å²) in [6, 6.07) is 10.1. The highest BCUT2D eigenvalue weighted by atomic mass is 32.1. The van der Waals surface area contributed by atoms with Gasteiger partial charge in [-0.1, -0.05) is 30.3 Å². The first-order chi connectivity index (χ1) is 11.6. The molecule has 2 aromatic rings. The van der Waals surface area contributed by atoms with Crippen LogP contribution in [0.25, 0.3) is 0 Å². The van der Waals surface area contributed by atoms with Gasteiger partial charge in [-0.3, -0.25) is 9.69 Å². The highest BCUT2D eigenvalue weighted by molar-refractivity contribution is 7.07. The zero-order chi connectivity index (χ0) is 17.0. The number of thiazole rings is 1. The third-order valence-electron chi connectivity index (χ3n) is 4.33. The Bertz CT molecular complexity index is 665. The molecular weight excluding hydrogens is 326 g/mol. The summed E-state index contributed by atoms with van der Waals surface area (Å²) >= 11 is 1.34. The molecule has 6 nitrogen and oxygen atoms in total. The fraction of sp³-hybridized carbons (Fsp3) is 0.412. The van der Waals surface area contributed by atoms with Gasteiger partial charge >= 0.3 is 0 Å². The Balaban J connectivity index is 1.51. The largest absolute Gasteiger partial charge is 0.389 e. The third-order valence-corrected chi connectivity index (χ3v) is 4.91. The maximum atomic E-state index is 11.9. The van der Waals surface area contributed by atoms with Gasteiger partial charge in [-0.15, -0.1) is 11.3 Å². The first-order valence-corrected chi connectivity index (χ1v) is 8.84. The molecule has 1 aliphatic rings. The van der Waals surface area contributed by atoms with Gasteiger partial charge < -0.3 is 15.5 Å². The molecule has 2 atom stereocenters. The molecule has 0 radical (unpaired) electrons. The predicted octanol–water partition coefficient (Wildman–Crippen LogP) is 0.523. The van der Waals surface area contributed by atoms with E-state index in [0.29, 0.717) is 18.8 Å². The SMILES string of the molecule is O=C(NC[C@]1(O)CN(CCc2ccccc2)C[C@H]1O)c1cscn1. The number of nitrogens with one attached hydrogen (secondary N) is 1. The Hall–Kier alpha value is -1.80. The van der Waals surface area contributed by atoms with Crippen molar-refractivity contribution in [2.24, 2.45) is 0 Å². The number of β-amino-alcohol motifs (C(OH)–C–C–N with tert-alkyl or cyclic N) is 2. The molecule has 1 saturated heterocycles. The van der Waals surface area contributed by atoms with Gasteiger partial charge in [0.05, 0.1) is 18.2 Å². The van der Waals surface area contributed by atoms with Crippen LogP contribution in [0.3, 0.4) is 0 Å². The summed E-state index contributed by atoms with van der Waals surface area (Å²) in [5.74, 6) is -0.334. The minimum absolute atomic E-state index is 0.00631. The standard InChI is InChI=1S/C17H21N3O3S/c21-15-8-20(7-6-13-4-2-1-3-5-13)11-17(15,23)10-18-16(22)14-9-24-12-19-14/h1-5,9,12,15,21,23H,6-8,10-11H2,(H,18,22)/t15-,17+/m1/s1. The molecule has 24 heavy (non-hydrogen) atoms. The Morgan fingerprint density at radius 1 is 1.42 bits per heavy atom. The van der Waals surface area contributed by atoms with Gasteiger partial charge in [-0.25, -0.2) is 4.98 Å². The van der Waals surface area contributed by atoms with Crippen LogP contribution in [0.2, 0.25) is 0 Å². The molecule has 1 aromatic carbocycles. The summed E-state index contributed by atoms with van der Waals surface area (Å²) < 4.78 is 0. The van der Waals surface area contributed by atoms with E-state index in [2.05, 4.69) is 22.4 Å². The zero-order valence-corrected chi connectivity index (χ0v) is 14.1. The molecule has 2 heterocycles. The van der Waals surface area contributed by atoms with Gasteiger partial charge in [0, 0.05) is 25.0 Å². The van der Waals surface area contributed by atoms with Crippen LogP contribution in [0.4, 0.5) is 0 Å². The molecule has 0 unspecified atom stereocenters. The monoisotopic (exact) mass is 347 g/mol. The van der Waals surface area contributed by atoms with Crippen LogP contribution in [-0.4, -0.2) is 63.9 Å². The van der Waals surface area contributed by atoms with Crippen molar-refractivity contribution in [2.75, 3.05) is 26.2 Å². The van der Waals surface area contributed by atoms with E-state index in [0.717, 1.165) is 13.0 Å². The molecule has 0 saturated carbocycles. The summed E-state index contributed by atoms with van der Waals surface area (Å²) in [4.78, 5) is 17.9. The number of carbonyl (C=O) groups is 1. The molecule has 1 aliphatic heterocycles. The van der Waals surface area contributed by atoms with E-state index in [1.54, 1.807) is 10.9 Å². The number of hydrogen-bond acceptors (Lipinski definition) is 6. The van der Waals surface area contributed by atoms with Crippen LogP contribution in [0.15, 0.2) is 41.2 Å². The summed E-state index contributed by atoms with van der Waals surface area (Å²) in [5.41, 5.74) is 1.80. The van der Waals surface area contributed by atoms with Crippen LogP contribution >= 0.6 is 11.3 Å². The molecule has 1 aromatic heterocycles. The fourth-order valence-corrected chi connectivity index (χ4v) is 3.43. The zero-order valence-electron chi connectivity index (χ0n) is 13.3. The van der Waals surface area contributed by atoms with Gasteiger partial charge in [0.25, 0.3) is 5.91 Å². The number of aromatic nitrogens is 1. The normalized spacial score (nSPS) is 24.2. The lowest BCUT2D eigenvalue weighted by molar-refractivity contribution is -0.0376. The minimum Gasteiger partial charge on any atom is -0.389 e. The molecular formula is C17H21N3O3S. The summed E-state index contributed by atoms with van der Waals surface area (Å²) in [6.45, 7) is 1.49. The van der Waals surface area contributed by atoms with Crippen molar-refractivity contribution in [2.45, 2.75) is 18.1 Å². The molecule has 1 fully saturated rings. The van der Waals surface area contributed by atoms with E-state index >= 15 is 0 Å². The number of hydrogen-bond donors (Lipinski definition) is 3. The molecule has 3 rings (SSSR count). The van der Waals surface area contributed by atoms with E-state index in [1.807, 2.05) is 23.1 Å². The number of rotatable bonds is 6. The minimum atomic E-state index is -1.33. The average Bonchev–Trinajstić information content (AvgIpc) is 3.21. The van der Waals surface area contributed by atoms with Crippen molar-refractivity contribution in [3.8, 4) is 0 Å². The maximum Gasteiger partial charge on any atom is 0.270 e. The number of aliphatic hydroxyl groups is 2. The molecule has 0 bridgehead atoms. The quantitative estimate of drug-likeness (QED) is 0.709. The van der Waals surface area contributed by atoms with Crippen molar-refractivity contribution < 1.29 is 15.0 Å². The summed E-state index contributed by atoms with van der Waals surface area (Å²) in [6.07, 6.45) is -0.0292.